The summed E-state index contributed by atoms with van der Waals surface area (Å²) >= 11 is 0. The number of hydrogen-bond acceptors (Lipinski definition) is 1. The first-order chi connectivity index (χ1) is 14.7. The third-order valence-corrected chi connectivity index (χ3v) is 6.52. The molecular weight excluding hydrogens is 366 g/mol. The summed E-state index contributed by atoms with van der Waals surface area (Å²) in [6.45, 7) is 0.852. The van der Waals surface area contributed by atoms with Crippen LogP contribution in [0.4, 0.5) is 0 Å². The predicted octanol–water partition coefficient (Wildman–Crippen LogP) is 6.46. The van der Waals surface area contributed by atoms with Crippen molar-refractivity contribution in [2.75, 3.05) is 14.1 Å². The molecule has 30 heavy (non-hydrogen) atoms. The summed E-state index contributed by atoms with van der Waals surface area (Å²) in [5.74, 6) is 0. The van der Waals surface area contributed by atoms with Crippen molar-refractivity contribution in [3.63, 3.8) is 0 Å². The molecule has 4 aromatic carbocycles. The highest BCUT2D eigenvalue weighted by atomic mass is 15.2. The molecule has 7 rings (SSSR count). The lowest BCUT2D eigenvalue weighted by Gasteiger charge is -2.14. The van der Waals surface area contributed by atoms with Crippen molar-refractivity contribution >= 4 is 59.9 Å². The van der Waals surface area contributed by atoms with Crippen LogP contribution in [-0.4, -0.2) is 28.0 Å². The second-order valence-electron chi connectivity index (χ2n) is 8.58. The number of nitrogens with zero attached hydrogens (tertiary/aromatic N) is 3. The molecule has 144 valence electrons. The van der Waals surface area contributed by atoms with E-state index in [-0.39, 0.29) is 0 Å². The summed E-state index contributed by atoms with van der Waals surface area (Å²) in [7, 11) is 4.28. The first-order valence-corrected chi connectivity index (χ1v) is 10.5. The van der Waals surface area contributed by atoms with Crippen LogP contribution in [0, 0.1) is 0 Å². The van der Waals surface area contributed by atoms with Crippen LogP contribution in [0.25, 0.3) is 59.9 Å². The molecule has 3 heteroatoms. The largest absolute Gasteiger partial charge is 0.326 e. The van der Waals surface area contributed by atoms with Gasteiger partial charge in [-0.05, 0) is 38.4 Å². The first kappa shape index (κ1) is 16.3. The normalized spacial score (nSPS) is 12.8. The lowest BCUT2D eigenvalue weighted by Crippen LogP contribution is -2.16. The van der Waals surface area contributed by atoms with Gasteiger partial charge in [-0.2, -0.15) is 0 Å². The minimum absolute atomic E-state index is 0.852. The Balaban J connectivity index is 1.89. The Hall–Kier alpha value is -3.56. The maximum Gasteiger partial charge on any atom is 0.0752 e. The van der Waals surface area contributed by atoms with Gasteiger partial charge in [-0.1, -0.05) is 54.6 Å². The van der Waals surface area contributed by atoms with Crippen molar-refractivity contribution in [1.82, 2.24) is 13.9 Å². The maximum absolute atomic E-state index is 2.49. The van der Waals surface area contributed by atoms with Crippen LogP contribution in [-0.2, 0) is 6.67 Å². The highest BCUT2D eigenvalue weighted by molar-refractivity contribution is 6.33. The van der Waals surface area contributed by atoms with E-state index in [1.807, 2.05) is 0 Å². The number of rotatable bonds is 2. The van der Waals surface area contributed by atoms with Gasteiger partial charge in [0.05, 0.1) is 34.3 Å². The predicted molar refractivity (Wildman–Crippen MR) is 128 cm³/mol. The second-order valence-corrected chi connectivity index (χ2v) is 8.58. The van der Waals surface area contributed by atoms with E-state index in [0.717, 1.165) is 6.67 Å². The molecule has 0 spiro atoms. The highest BCUT2D eigenvalue weighted by Gasteiger charge is 2.23. The molecule has 0 saturated heterocycles. The molecule has 0 aliphatic heterocycles. The Labute approximate surface area is 173 Å². The molecule has 0 fully saturated rings. The molecule has 0 N–H and O–H groups in total. The van der Waals surface area contributed by atoms with Gasteiger partial charge < -0.3 is 8.97 Å². The van der Waals surface area contributed by atoms with Gasteiger partial charge >= 0.3 is 0 Å². The summed E-state index contributed by atoms with van der Waals surface area (Å²) < 4.78 is 4.95. The van der Waals surface area contributed by atoms with E-state index in [2.05, 4.69) is 107 Å². The number of aromatic nitrogens is 2. The molecule has 0 unspecified atom stereocenters. The van der Waals surface area contributed by atoms with Crippen molar-refractivity contribution < 1.29 is 0 Å². The van der Waals surface area contributed by atoms with Gasteiger partial charge in [0.15, 0.2) is 0 Å². The van der Waals surface area contributed by atoms with E-state index in [1.54, 1.807) is 0 Å². The average Bonchev–Trinajstić information content (AvgIpc) is 3.38. The number of hydrogen-bond donors (Lipinski definition) is 0. The summed E-state index contributed by atoms with van der Waals surface area (Å²) in [5, 5.41) is 8.04. The quantitative estimate of drug-likeness (QED) is 0.331. The van der Waals surface area contributed by atoms with Crippen LogP contribution in [0.2, 0.25) is 0 Å². The first-order valence-electron chi connectivity index (χ1n) is 10.5. The Bertz CT molecular complexity index is 1750. The fraction of sp³-hybridized carbons (Fsp3) is 0.111. The molecule has 0 radical (unpaired) electrons. The third-order valence-electron chi connectivity index (χ3n) is 6.52. The van der Waals surface area contributed by atoms with Crippen molar-refractivity contribution in [2.24, 2.45) is 0 Å². The van der Waals surface area contributed by atoms with Crippen LogP contribution in [0.5, 0.6) is 0 Å². The van der Waals surface area contributed by atoms with Crippen LogP contribution in [0.15, 0.2) is 78.9 Å². The second kappa shape index (κ2) is 5.53. The van der Waals surface area contributed by atoms with Gasteiger partial charge in [-0.15, -0.1) is 0 Å². The summed E-state index contributed by atoms with van der Waals surface area (Å²) in [4.78, 5) is 2.25. The third kappa shape index (κ3) is 1.84. The minimum Gasteiger partial charge on any atom is -0.326 e. The molecule has 0 atom stereocenters. The topological polar surface area (TPSA) is 12.6 Å². The van der Waals surface area contributed by atoms with Gasteiger partial charge in [0, 0.05) is 32.3 Å². The zero-order valence-corrected chi connectivity index (χ0v) is 17.1. The molecule has 0 amide bonds. The highest BCUT2D eigenvalue weighted by Crippen LogP contribution is 2.45. The van der Waals surface area contributed by atoms with Gasteiger partial charge in [-0.3, -0.25) is 4.90 Å². The molecule has 0 saturated carbocycles. The number of para-hydroxylation sites is 3. The SMILES string of the molecule is CN(C)Cn1c2ccccc2c2cc3c4ccccc4n4c5ccccc5c(c21)c34. The number of benzene rings is 4. The lowest BCUT2D eigenvalue weighted by atomic mass is 10.0. The minimum atomic E-state index is 0.852. The number of fused-ring (bicyclic) bond motifs is 10. The van der Waals surface area contributed by atoms with E-state index in [0.29, 0.717) is 0 Å². The van der Waals surface area contributed by atoms with Crippen molar-refractivity contribution in [2.45, 2.75) is 6.67 Å². The standard InChI is InChI=1S/C27H21N3/c1-28(2)16-29-22-12-6-3-9-17(22)20-15-21-18-10-4-7-13-23(18)30-24-14-8-5-11-19(24)25(26(20)29)27(21)30/h3-15H,16H2,1-2H3. The molecule has 3 nitrogen and oxygen atoms in total. The van der Waals surface area contributed by atoms with E-state index < -0.39 is 0 Å². The van der Waals surface area contributed by atoms with Gasteiger partial charge in [0.25, 0.3) is 0 Å². The van der Waals surface area contributed by atoms with Crippen LogP contribution >= 0.6 is 0 Å². The monoisotopic (exact) mass is 387 g/mol. The molecule has 0 aliphatic rings. The van der Waals surface area contributed by atoms with Gasteiger partial charge in [-0.25, -0.2) is 0 Å². The van der Waals surface area contributed by atoms with Gasteiger partial charge in [0.1, 0.15) is 0 Å². The average molecular weight is 387 g/mol. The van der Waals surface area contributed by atoms with Gasteiger partial charge in [0.2, 0.25) is 0 Å². The van der Waals surface area contributed by atoms with E-state index in [4.69, 9.17) is 0 Å². The maximum atomic E-state index is 2.49. The molecule has 0 aliphatic carbocycles. The van der Waals surface area contributed by atoms with Crippen molar-refractivity contribution in [3.05, 3.63) is 78.9 Å². The lowest BCUT2D eigenvalue weighted by molar-refractivity contribution is 0.338. The molecular formula is C27H21N3. The zero-order chi connectivity index (χ0) is 20.0. The fourth-order valence-corrected chi connectivity index (χ4v) is 5.47. The Kier molecular flexibility index (Phi) is 3.00. The Morgan fingerprint density at radius 3 is 1.83 bits per heavy atom. The molecule has 3 aromatic heterocycles. The van der Waals surface area contributed by atoms with Crippen molar-refractivity contribution in [1.29, 1.82) is 0 Å². The Morgan fingerprint density at radius 2 is 1.13 bits per heavy atom. The summed E-state index contributed by atoms with van der Waals surface area (Å²) in [5.41, 5.74) is 6.55. The zero-order valence-electron chi connectivity index (χ0n) is 17.1. The van der Waals surface area contributed by atoms with E-state index >= 15 is 0 Å². The van der Waals surface area contributed by atoms with E-state index in [1.165, 1.54) is 59.9 Å². The molecule has 0 bridgehead atoms. The van der Waals surface area contributed by atoms with Crippen molar-refractivity contribution in [3.8, 4) is 0 Å². The van der Waals surface area contributed by atoms with E-state index in [9.17, 15) is 0 Å². The van der Waals surface area contributed by atoms with Crippen LogP contribution < -0.4 is 0 Å². The van der Waals surface area contributed by atoms with Crippen LogP contribution in [0.3, 0.4) is 0 Å². The Morgan fingerprint density at radius 1 is 0.600 bits per heavy atom. The summed E-state index contributed by atoms with van der Waals surface area (Å²) in [6.07, 6.45) is 0. The smallest absolute Gasteiger partial charge is 0.0752 e. The van der Waals surface area contributed by atoms with Crippen LogP contribution in [0.1, 0.15) is 0 Å². The summed E-state index contributed by atoms with van der Waals surface area (Å²) in [6, 6.07) is 28.9. The molecule has 3 heterocycles. The molecule has 7 aromatic rings. The fourth-order valence-electron chi connectivity index (χ4n) is 5.47.